The van der Waals surface area contributed by atoms with Crippen molar-refractivity contribution in [2.45, 2.75) is 6.92 Å². The van der Waals surface area contributed by atoms with Gasteiger partial charge in [0.1, 0.15) is 11.9 Å². The van der Waals surface area contributed by atoms with Crippen LogP contribution >= 0.6 is 0 Å². The molecular formula is C13H11N5O4. The molecule has 0 radical (unpaired) electrons. The Bertz CT molecular complexity index is 732. The number of pyridine rings is 2. The van der Waals surface area contributed by atoms with Crippen LogP contribution in [0.1, 0.15) is 26.5 Å². The van der Waals surface area contributed by atoms with E-state index in [9.17, 15) is 19.7 Å². The second-order valence-electron chi connectivity index (χ2n) is 4.21. The van der Waals surface area contributed by atoms with Crippen molar-refractivity contribution >= 4 is 17.5 Å². The Morgan fingerprint density at radius 1 is 1.18 bits per heavy atom. The summed E-state index contributed by atoms with van der Waals surface area (Å²) in [7, 11) is 0. The molecule has 2 amide bonds. The number of amides is 2. The smallest absolute Gasteiger partial charge is 0.267 e. The minimum Gasteiger partial charge on any atom is -0.267 e. The molecule has 0 aliphatic heterocycles. The first-order valence-electron chi connectivity index (χ1n) is 6.12. The molecule has 0 aliphatic rings. The quantitative estimate of drug-likeness (QED) is 0.636. The van der Waals surface area contributed by atoms with Gasteiger partial charge in [-0.05, 0) is 19.1 Å². The Hall–Kier alpha value is -3.36. The highest BCUT2D eigenvalue weighted by molar-refractivity contribution is 5.99. The summed E-state index contributed by atoms with van der Waals surface area (Å²) < 4.78 is 0. The zero-order chi connectivity index (χ0) is 16.1. The first-order valence-corrected chi connectivity index (χ1v) is 6.12. The molecule has 0 aliphatic carbocycles. The van der Waals surface area contributed by atoms with E-state index in [2.05, 4.69) is 20.8 Å². The largest absolute Gasteiger partial charge is 0.288 e. The van der Waals surface area contributed by atoms with Crippen LogP contribution in [0.3, 0.4) is 0 Å². The van der Waals surface area contributed by atoms with Gasteiger partial charge in [-0.2, -0.15) is 0 Å². The van der Waals surface area contributed by atoms with Crippen LogP contribution in [0.4, 0.5) is 5.69 Å². The van der Waals surface area contributed by atoms with E-state index in [1.54, 1.807) is 12.1 Å². The fraction of sp³-hybridized carbons (Fsp3) is 0.0769. The highest BCUT2D eigenvalue weighted by Gasteiger charge is 2.16. The van der Waals surface area contributed by atoms with Gasteiger partial charge >= 0.3 is 0 Å². The third-order valence-electron chi connectivity index (χ3n) is 2.72. The van der Waals surface area contributed by atoms with Crippen LogP contribution in [-0.4, -0.2) is 26.7 Å². The topological polar surface area (TPSA) is 127 Å². The van der Waals surface area contributed by atoms with Crippen molar-refractivity contribution in [3.63, 3.8) is 0 Å². The molecule has 2 heterocycles. The van der Waals surface area contributed by atoms with Crippen molar-refractivity contribution < 1.29 is 14.5 Å². The average Bonchev–Trinajstić information content (AvgIpc) is 2.53. The summed E-state index contributed by atoms with van der Waals surface area (Å²) in [5.41, 5.74) is 4.44. The summed E-state index contributed by atoms with van der Waals surface area (Å²) in [5, 5.41) is 10.7. The number of hydrogen-bond donors (Lipinski definition) is 2. The maximum atomic E-state index is 12.0. The van der Waals surface area contributed by atoms with Crippen LogP contribution in [0, 0.1) is 17.0 Å². The third kappa shape index (κ3) is 3.39. The minimum absolute atomic E-state index is 0.00415. The number of nitrogens with zero attached hydrogens (tertiary/aromatic N) is 3. The van der Waals surface area contributed by atoms with Crippen molar-refractivity contribution in [2.75, 3.05) is 0 Å². The molecule has 9 nitrogen and oxygen atoms in total. The number of carbonyl (C=O) groups is 2. The van der Waals surface area contributed by atoms with Gasteiger partial charge in [0.05, 0.1) is 16.2 Å². The number of aromatic nitrogens is 2. The molecular weight excluding hydrogens is 290 g/mol. The van der Waals surface area contributed by atoms with Gasteiger partial charge in [0.2, 0.25) is 0 Å². The molecule has 112 valence electrons. The number of nitrogens with one attached hydrogen (secondary N) is 2. The lowest BCUT2D eigenvalue weighted by molar-refractivity contribution is -0.385. The van der Waals surface area contributed by atoms with Gasteiger partial charge in [0.25, 0.3) is 17.5 Å². The molecule has 2 aromatic heterocycles. The van der Waals surface area contributed by atoms with Crippen molar-refractivity contribution in [1.82, 2.24) is 20.8 Å². The predicted octanol–water partition coefficient (Wildman–Crippen LogP) is 0.768. The molecule has 9 heteroatoms. The molecule has 2 rings (SSSR count). The van der Waals surface area contributed by atoms with Crippen LogP contribution in [0.15, 0.2) is 36.7 Å². The Morgan fingerprint density at radius 3 is 2.55 bits per heavy atom. The van der Waals surface area contributed by atoms with E-state index in [0.717, 1.165) is 12.3 Å². The number of rotatable bonds is 3. The molecule has 0 spiro atoms. The van der Waals surface area contributed by atoms with Crippen LogP contribution < -0.4 is 10.9 Å². The molecule has 0 saturated carbocycles. The summed E-state index contributed by atoms with van der Waals surface area (Å²) >= 11 is 0. The van der Waals surface area contributed by atoms with Gasteiger partial charge in [0, 0.05) is 12.3 Å². The highest BCUT2D eigenvalue weighted by Crippen LogP contribution is 2.14. The summed E-state index contributed by atoms with van der Waals surface area (Å²) in [6.07, 6.45) is 2.49. The van der Waals surface area contributed by atoms with Gasteiger partial charge in [0.15, 0.2) is 0 Å². The zero-order valence-electron chi connectivity index (χ0n) is 11.4. The lowest BCUT2D eigenvalue weighted by Gasteiger charge is -2.08. The molecule has 0 atom stereocenters. The first kappa shape index (κ1) is 15.0. The second-order valence-corrected chi connectivity index (χ2v) is 4.21. The highest BCUT2D eigenvalue weighted by atomic mass is 16.6. The molecule has 0 fully saturated rings. The van der Waals surface area contributed by atoms with Gasteiger partial charge in [-0.1, -0.05) is 6.07 Å². The van der Waals surface area contributed by atoms with E-state index in [1.807, 2.05) is 0 Å². The third-order valence-corrected chi connectivity index (χ3v) is 2.72. The van der Waals surface area contributed by atoms with Crippen LogP contribution in [0.5, 0.6) is 0 Å². The van der Waals surface area contributed by atoms with Crippen LogP contribution in [0.25, 0.3) is 0 Å². The predicted molar refractivity (Wildman–Crippen MR) is 74.8 cm³/mol. The van der Waals surface area contributed by atoms with Crippen LogP contribution in [0.2, 0.25) is 0 Å². The number of hydrogen-bond acceptors (Lipinski definition) is 6. The Morgan fingerprint density at radius 2 is 1.91 bits per heavy atom. The van der Waals surface area contributed by atoms with Crippen molar-refractivity contribution in [3.05, 3.63) is 63.7 Å². The van der Waals surface area contributed by atoms with E-state index < -0.39 is 16.7 Å². The molecule has 0 aromatic carbocycles. The lowest BCUT2D eigenvalue weighted by Crippen LogP contribution is -2.42. The summed E-state index contributed by atoms with van der Waals surface area (Å²) in [6.45, 7) is 1.53. The Balaban J connectivity index is 2.08. The monoisotopic (exact) mass is 301 g/mol. The molecule has 0 bridgehead atoms. The van der Waals surface area contributed by atoms with Gasteiger partial charge in [-0.3, -0.25) is 40.5 Å². The standard InChI is InChI=1S/C13H11N5O4/c1-8-10(6-9(7-15-8)18(21)22)12(19)16-17-13(20)11-4-2-3-5-14-11/h2-7H,1H3,(H,16,19)(H,17,20). The minimum atomic E-state index is -0.710. The fourth-order valence-corrected chi connectivity index (χ4v) is 1.59. The number of nitro groups is 1. The van der Waals surface area contributed by atoms with Gasteiger partial charge in [-0.15, -0.1) is 0 Å². The first-order chi connectivity index (χ1) is 10.5. The number of carbonyl (C=O) groups excluding carboxylic acids is 2. The van der Waals surface area contributed by atoms with E-state index in [4.69, 9.17) is 0 Å². The van der Waals surface area contributed by atoms with Gasteiger partial charge in [-0.25, -0.2) is 0 Å². The normalized spacial score (nSPS) is 9.86. The van der Waals surface area contributed by atoms with Crippen molar-refractivity contribution in [3.8, 4) is 0 Å². The molecule has 0 unspecified atom stereocenters. The van der Waals surface area contributed by atoms with Crippen molar-refractivity contribution in [2.24, 2.45) is 0 Å². The van der Waals surface area contributed by atoms with E-state index in [-0.39, 0.29) is 16.9 Å². The maximum Gasteiger partial charge on any atom is 0.288 e. The SMILES string of the molecule is Cc1ncc([N+](=O)[O-])cc1C(=O)NNC(=O)c1ccccn1. The molecule has 2 aromatic rings. The molecule has 2 N–H and O–H groups in total. The summed E-state index contributed by atoms with van der Waals surface area (Å²) in [4.78, 5) is 41.3. The summed E-state index contributed by atoms with van der Waals surface area (Å²) in [6, 6.07) is 5.83. The molecule has 22 heavy (non-hydrogen) atoms. The van der Waals surface area contributed by atoms with E-state index >= 15 is 0 Å². The number of hydrazine groups is 1. The van der Waals surface area contributed by atoms with Gasteiger partial charge < -0.3 is 0 Å². The lowest BCUT2D eigenvalue weighted by atomic mass is 10.2. The fourth-order valence-electron chi connectivity index (χ4n) is 1.59. The van der Waals surface area contributed by atoms with Crippen molar-refractivity contribution in [1.29, 1.82) is 0 Å². The van der Waals surface area contributed by atoms with Crippen LogP contribution in [-0.2, 0) is 0 Å². The maximum absolute atomic E-state index is 12.0. The van der Waals surface area contributed by atoms with E-state index in [0.29, 0.717) is 5.69 Å². The van der Waals surface area contributed by atoms with E-state index in [1.165, 1.54) is 19.2 Å². The second kappa shape index (κ2) is 6.39. The zero-order valence-corrected chi connectivity index (χ0v) is 11.4. The Kier molecular flexibility index (Phi) is 4.37. The summed E-state index contributed by atoms with van der Waals surface area (Å²) in [5.74, 6) is -1.32. The Labute approximate surface area is 124 Å². The average molecular weight is 301 g/mol. The number of aryl methyl sites for hydroxylation is 1. The molecule has 0 saturated heterocycles.